The predicted molar refractivity (Wildman–Crippen MR) is 112 cm³/mol. The Morgan fingerprint density at radius 1 is 1.03 bits per heavy atom. The van der Waals surface area contributed by atoms with Crippen molar-refractivity contribution in [1.29, 1.82) is 0 Å². The van der Waals surface area contributed by atoms with Crippen LogP contribution in [-0.2, 0) is 0 Å². The van der Waals surface area contributed by atoms with Crippen molar-refractivity contribution in [2.45, 2.75) is 0 Å². The normalized spacial score (nSPS) is 10.9. The second-order valence-electron chi connectivity index (χ2n) is 6.33. The van der Waals surface area contributed by atoms with Crippen molar-refractivity contribution in [2.75, 3.05) is 5.32 Å². The van der Waals surface area contributed by atoms with Gasteiger partial charge in [0.2, 0.25) is 0 Å². The number of benzene rings is 1. The van der Waals surface area contributed by atoms with Gasteiger partial charge in [-0.05, 0) is 41.8 Å². The fourth-order valence-corrected chi connectivity index (χ4v) is 3.62. The predicted octanol–water partition coefficient (Wildman–Crippen LogP) is 2.86. The first-order valence-electron chi connectivity index (χ1n) is 8.91. The second kappa shape index (κ2) is 7.33. The Labute approximate surface area is 173 Å². The van der Waals surface area contributed by atoms with Crippen LogP contribution in [0.5, 0.6) is 0 Å². The number of aromatic nitrogens is 6. The van der Waals surface area contributed by atoms with Crippen LogP contribution in [-0.4, -0.2) is 35.9 Å². The van der Waals surface area contributed by atoms with Crippen molar-refractivity contribution in [3.05, 3.63) is 82.1 Å². The van der Waals surface area contributed by atoms with Gasteiger partial charge in [-0.15, -0.1) is 21.5 Å². The van der Waals surface area contributed by atoms with E-state index in [1.54, 1.807) is 21.9 Å². The molecule has 9 nitrogen and oxygen atoms in total. The largest absolute Gasteiger partial charge is 0.321 e. The van der Waals surface area contributed by atoms with Gasteiger partial charge in [0.15, 0.2) is 11.5 Å². The Morgan fingerprint density at radius 3 is 2.77 bits per heavy atom. The second-order valence-corrected chi connectivity index (χ2v) is 7.28. The Morgan fingerprint density at radius 2 is 1.97 bits per heavy atom. The summed E-state index contributed by atoms with van der Waals surface area (Å²) >= 11 is 1.57. The van der Waals surface area contributed by atoms with E-state index < -0.39 is 5.91 Å². The molecule has 0 saturated heterocycles. The maximum absolute atomic E-state index is 12.4. The van der Waals surface area contributed by atoms with Crippen LogP contribution in [0.2, 0.25) is 0 Å². The SMILES string of the molecule is O=C(Nc1cccc(-c2ccc3nnc(-c4cccs4)n3n2)c1)c1ccc(=O)[nH]n1. The molecule has 2 N–H and O–H groups in total. The summed E-state index contributed by atoms with van der Waals surface area (Å²) in [4.78, 5) is 24.4. The van der Waals surface area contributed by atoms with Crippen molar-refractivity contribution in [3.63, 3.8) is 0 Å². The lowest BCUT2D eigenvalue weighted by molar-refractivity contribution is 0.102. The van der Waals surface area contributed by atoms with Gasteiger partial charge in [-0.1, -0.05) is 18.2 Å². The summed E-state index contributed by atoms with van der Waals surface area (Å²) < 4.78 is 1.71. The molecule has 5 rings (SSSR count). The van der Waals surface area contributed by atoms with Crippen LogP contribution in [0.3, 0.4) is 0 Å². The number of rotatable bonds is 4. The number of anilines is 1. The van der Waals surface area contributed by atoms with Crippen LogP contribution in [0.1, 0.15) is 10.5 Å². The zero-order valence-electron chi connectivity index (χ0n) is 15.3. The van der Waals surface area contributed by atoms with Crippen LogP contribution in [0.25, 0.3) is 27.6 Å². The van der Waals surface area contributed by atoms with Crippen LogP contribution in [0.4, 0.5) is 5.69 Å². The zero-order chi connectivity index (χ0) is 20.5. The molecule has 4 aromatic heterocycles. The summed E-state index contributed by atoms with van der Waals surface area (Å²) in [6, 6.07) is 17.5. The lowest BCUT2D eigenvalue weighted by atomic mass is 10.1. The van der Waals surface area contributed by atoms with Gasteiger partial charge in [-0.3, -0.25) is 9.59 Å². The third-order valence-corrected chi connectivity index (χ3v) is 5.20. The van der Waals surface area contributed by atoms with E-state index in [4.69, 9.17) is 0 Å². The molecule has 10 heteroatoms. The van der Waals surface area contributed by atoms with Gasteiger partial charge in [-0.25, -0.2) is 5.10 Å². The number of thiophene rings is 1. The molecule has 146 valence electrons. The summed E-state index contributed by atoms with van der Waals surface area (Å²) in [6.45, 7) is 0. The van der Waals surface area contributed by atoms with Crippen molar-refractivity contribution in [1.82, 2.24) is 30.0 Å². The van der Waals surface area contributed by atoms with Gasteiger partial charge in [0, 0.05) is 17.3 Å². The van der Waals surface area contributed by atoms with Gasteiger partial charge in [0.05, 0.1) is 10.6 Å². The zero-order valence-corrected chi connectivity index (χ0v) is 16.1. The minimum Gasteiger partial charge on any atom is -0.321 e. The van der Waals surface area contributed by atoms with Crippen LogP contribution >= 0.6 is 11.3 Å². The first-order chi connectivity index (χ1) is 14.7. The molecule has 0 saturated carbocycles. The van der Waals surface area contributed by atoms with Gasteiger partial charge >= 0.3 is 0 Å². The van der Waals surface area contributed by atoms with E-state index in [0.717, 1.165) is 10.4 Å². The van der Waals surface area contributed by atoms with Gasteiger partial charge in [0.1, 0.15) is 5.69 Å². The van der Waals surface area contributed by atoms with Crippen LogP contribution in [0.15, 0.2) is 70.8 Å². The Kier molecular flexibility index (Phi) is 4.37. The molecule has 0 aliphatic heterocycles. The van der Waals surface area contributed by atoms with Crippen molar-refractivity contribution in [2.24, 2.45) is 0 Å². The molecule has 0 unspecified atom stereocenters. The Bertz CT molecular complexity index is 1400. The number of hydrogen-bond donors (Lipinski definition) is 2. The van der Waals surface area contributed by atoms with E-state index in [2.05, 4.69) is 30.8 Å². The highest BCUT2D eigenvalue weighted by molar-refractivity contribution is 7.13. The quantitative estimate of drug-likeness (QED) is 0.466. The molecule has 1 aromatic carbocycles. The van der Waals surface area contributed by atoms with E-state index in [-0.39, 0.29) is 11.3 Å². The number of nitrogens with one attached hydrogen (secondary N) is 2. The molecule has 1 amide bonds. The summed E-state index contributed by atoms with van der Waals surface area (Å²) in [6.07, 6.45) is 0. The van der Waals surface area contributed by atoms with Gasteiger partial charge in [0.25, 0.3) is 11.5 Å². The topological polar surface area (TPSA) is 118 Å². The minimum absolute atomic E-state index is 0.115. The lowest BCUT2D eigenvalue weighted by Gasteiger charge is -2.07. The van der Waals surface area contributed by atoms with Crippen LogP contribution in [0, 0.1) is 0 Å². The third kappa shape index (κ3) is 3.35. The molecule has 0 spiro atoms. The van der Waals surface area contributed by atoms with Gasteiger partial charge < -0.3 is 5.32 Å². The van der Waals surface area contributed by atoms with Crippen molar-refractivity contribution < 1.29 is 4.79 Å². The van der Waals surface area contributed by atoms with E-state index in [9.17, 15) is 9.59 Å². The van der Waals surface area contributed by atoms with Crippen LogP contribution < -0.4 is 10.9 Å². The maximum atomic E-state index is 12.4. The molecular weight excluding hydrogens is 402 g/mol. The lowest BCUT2D eigenvalue weighted by Crippen LogP contribution is -2.17. The number of carbonyl (C=O) groups excluding carboxylic acids is 1. The average Bonchev–Trinajstić information content (AvgIpc) is 3.43. The molecule has 0 fully saturated rings. The summed E-state index contributed by atoms with van der Waals surface area (Å²) in [7, 11) is 0. The number of H-pyrrole nitrogens is 1. The number of nitrogens with zero attached hydrogens (tertiary/aromatic N) is 5. The molecule has 30 heavy (non-hydrogen) atoms. The highest BCUT2D eigenvalue weighted by atomic mass is 32.1. The Balaban J connectivity index is 1.47. The minimum atomic E-state index is -0.425. The fraction of sp³-hybridized carbons (Fsp3) is 0. The summed E-state index contributed by atoms with van der Waals surface area (Å²) in [5, 5.41) is 23.8. The molecule has 0 atom stereocenters. The molecular formula is C20H13N7O2S. The first-order valence-corrected chi connectivity index (χ1v) is 9.79. The van der Waals surface area contributed by atoms with E-state index in [1.165, 1.54) is 12.1 Å². The number of carbonyl (C=O) groups is 1. The summed E-state index contributed by atoms with van der Waals surface area (Å²) in [5.41, 5.74) is 2.49. The highest BCUT2D eigenvalue weighted by Gasteiger charge is 2.13. The van der Waals surface area contributed by atoms with E-state index in [0.29, 0.717) is 22.9 Å². The van der Waals surface area contributed by atoms with E-state index >= 15 is 0 Å². The monoisotopic (exact) mass is 415 g/mol. The number of hydrogen-bond acceptors (Lipinski definition) is 7. The first kappa shape index (κ1) is 17.9. The van der Waals surface area contributed by atoms with Gasteiger partial charge in [-0.2, -0.15) is 14.7 Å². The summed E-state index contributed by atoms with van der Waals surface area (Å²) in [5.74, 6) is 0.251. The molecule has 0 radical (unpaired) electrons. The molecule has 4 heterocycles. The molecule has 0 aliphatic carbocycles. The molecule has 0 bridgehead atoms. The smallest absolute Gasteiger partial charge is 0.276 e. The molecule has 5 aromatic rings. The standard InChI is InChI=1S/C20H13N7O2S/c28-18-9-7-15(22-24-18)20(29)21-13-4-1-3-12(11-13)14-6-8-17-23-25-19(27(17)26-14)16-5-2-10-30-16/h1-11H,(H,21,29)(H,24,28). The van der Waals surface area contributed by atoms with Crippen molar-refractivity contribution >= 4 is 28.6 Å². The average molecular weight is 415 g/mol. The van der Waals surface area contributed by atoms with Crippen molar-refractivity contribution in [3.8, 4) is 22.0 Å². The number of aromatic amines is 1. The third-order valence-electron chi connectivity index (χ3n) is 4.33. The number of fused-ring (bicyclic) bond motifs is 1. The molecule has 0 aliphatic rings. The Hall–Kier alpha value is -4.18. The van der Waals surface area contributed by atoms with E-state index in [1.807, 2.05) is 47.8 Å². The fourth-order valence-electron chi connectivity index (χ4n) is 2.92. The maximum Gasteiger partial charge on any atom is 0.276 e. The number of amides is 1. The highest BCUT2D eigenvalue weighted by Crippen LogP contribution is 2.25.